The number of carbonyl (C=O) groups is 1. The Hall–Kier alpha value is -3.04. The SMILES string of the molecule is CCN(CC)S(=O)(=O)c1ccc(N2CCCCC2)c(NC(=O)c2cnc3ccccc3n2)c1. The van der Waals surface area contributed by atoms with Crippen molar-refractivity contribution in [3.05, 3.63) is 54.4 Å². The van der Waals surface area contributed by atoms with E-state index in [-0.39, 0.29) is 10.6 Å². The Labute approximate surface area is 194 Å². The first kappa shape index (κ1) is 23.1. The van der Waals surface area contributed by atoms with Crippen molar-refractivity contribution >= 4 is 38.3 Å². The Bertz CT molecular complexity index is 1250. The van der Waals surface area contributed by atoms with E-state index < -0.39 is 15.9 Å². The molecule has 1 amide bonds. The fourth-order valence-corrected chi connectivity index (χ4v) is 5.64. The molecule has 0 aliphatic carbocycles. The average Bonchev–Trinajstić information content (AvgIpc) is 2.84. The van der Waals surface area contributed by atoms with Crippen molar-refractivity contribution in [3.63, 3.8) is 0 Å². The minimum Gasteiger partial charge on any atom is -0.370 e. The number of anilines is 2. The van der Waals surface area contributed by atoms with E-state index in [1.165, 1.54) is 16.9 Å². The Morgan fingerprint density at radius 3 is 2.42 bits per heavy atom. The number of fused-ring (bicyclic) bond motifs is 1. The van der Waals surface area contributed by atoms with Gasteiger partial charge in [-0.15, -0.1) is 0 Å². The van der Waals surface area contributed by atoms with Crippen molar-refractivity contribution < 1.29 is 13.2 Å². The highest BCUT2D eigenvalue weighted by Crippen LogP contribution is 2.32. The highest BCUT2D eigenvalue weighted by molar-refractivity contribution is 7.89. The third-order valence-electron chi connectivity index (χ3n) is 5.94. The average molecular weight is 468 g/mol. The van der Waals surface area contributed by atoms with Gasteiger partial charge >= 0.3 is 0 Å². The Kier molecular flexibility index (Phi) is 6.90. The number of sulfonamides is 1. The van der Waals surface area contributed by atoms with Crippen LogP contribution in [0.3, 0.4) is 0 Å². The first-order chi connectivity index (χ1) is 15.9. The molecule has 2 heterocycles. The minimum atomic E-state index is -3.66. The monoisotopic (exact) mass is 467 g/mol. The molecule has 33 heavy (non-hydrogen) atoms. The highest BCUT2D eigenvalue weighted by atomic mass is 32.2. The summed E-state index contributed by atoms with van der Waals surface area (Å²) < 4.78 is 27.6. The standard InChI is InChI=1S/C24H29N5O3S/c1-3-29(4-2)33(31,32)18-12-13-23(28-14-8-5-9-15-28)21(16-18)27-24(30)22-17-25-19-10-6-7-11-20(19)26-22/h6-7,10-13,16-17H,3-5,8-9,14-15H2,1-2H3,(H,27,30). The molecule has 1 aromatic heterocycles. The van der Waals surface area contributed by atoms with Crippen LogP contribution in [0.1, 0.15) is 43.6 Å². The summed E-state index contributed by atoms with van der Waals surface area (Å²) >= 11 is 0. The quantitative estimate of drug-likeness (QED) is 0.566. The molecule has 0 atom stereocenters. The van der Waals surface area contributed by atoms with Crippen LogP contribution in [0.4, 0.5) is 11.4 Å². The number of nitrogens with one attached hydrogen (secondary N) is 1. The molecule has 1 fully saturated rings. The summed E-state index contributed by atoms with van der Waals surface area (Å²) in [5.74, 6) is -0.427. The van der Waals surface area contributed by atoms with Crippen LogP contribution in [0.25, 0.3) is 11.0 Å². The summed E-state index contributed by atoms with van der Waals surface area (Å²) in [6.07, 6.45) is 4.72. The zero-order chi connectivity index (χ0) is 23.4. The van der Waals surface area contributed by atoms with Crippen LogP contribution < -0.4 is 10.2 Å². The summed E-state index contributed by atoms with van der Waals surface area (Å²) in [6, 6.07) is 12.3. The lowest BCUT2D eigenvalue weighted by Gasteiger charge is -2.31. The van der Waals surface area contributed by atoms with Gasteiger partial charge in [-0.3, -0.25) is 9.78 Å². The van der Waals surface area contributed by atoms with Gasteiger partial charge < -0.3 is 10.2 Å². The number of hydrogen-bond donors (Lipinski definition) is 1. The molecule has 2 aromatic carbocycles. The summed E-state index contributed by atoms with van der Waals surface area (Å²) in [5, 5.41) is 2.91. The first-order valence-corrected chi connectivity index (χ1v) is 12.8. The predicted molar refractivity (Wildman–Crippen MR) is 130 cm³/mol. The van der Waals surface area contributed by atoms with E-state index in [1.54, 1.807) is 24.3 Å². The van der Waals surface area contributed by atoms with Crippen molar-refractivity contribution in [2.24, 2.45) is 0 Å². The molecule has 3 aromatic rings. The Morgan fingerprint density at radius 2 is 1.73 bits per heavy atom. The number of rotatable bonds is 7. The molecule has 0 bridgehead atoms. The van der Waals surface area contributed by atoms with Crippen molar-refractivity contribution in [2.75, 3.05) is 36.4 Å². The lowest BCUT2D eigenvalue weighted by molar-refractivity contribution is 0.102. The molecule has 0 saturated carbocycles. The smallest absolute Gasteiger partial charge is 0.275 e. The number of para-hydroxylation sites is 2. The topological polar surface area (TPSA) is 95.5 Å². The van der Waals surface area contributed by atoms with Gasteiger partial charge in [-0.05, 0) is 49.6 Å². The fraction of sp³-hybridized carbons (Fsp3) is 0.375. The molecule has 1 N–H and O–H groups in total. The molecule has 4 rings (SSSR count). The second kappa shape index (κ2) is 9.84. The summed E-state index contributed by atoms with van der Waals surface area (Å²) in [7, 11) is -3.66. The highest BCUT2D eigenvalue weighted by Gasteiger charge is 2.25. The van der Waals surface area contributed by atoms with Crippen LogP contribution in [0, 0.1) is 0 Å². The predicted octanol–water partition coefficient (Wildman–Crippen LogP) is 3.90. The summed E-state index contributed by atoms with van der Waals surface area (Å²) in [6.45, 7) is 6.10. The van der Waals surface area contributed by atoms with E-state index in [4.69, 9.17) is 0 Å². The van der Waals surface area contributed by atoms with Gasteiger partial charge in [0, 0.05) is 26.2 Å². The van der Waals surface area contributed by atoms with Crippen molar-refractivity contribution in [3.8, 4) is 0 Å². The van der Waals surface area contributed by atoms with Crippen LogP contribution in [-0.4, -0.2) is 54.8 Å². The van der Waals surface area contributed by atoms with Gasteiger partial charge in [0.05, 0.1) is 33.5 Å². The van der Waals surface area contributed by atoms with Crippen LogP contribution in [0.2, 0.25) is 0 Å². The van der Waals surface area contributed by atoms with Gasteiger partial charge in [-0.1, -0.05) is 26.0 Å². The van der Waals surface area contributed by atoms with Crippen LogP contribution >= 0.6 is 0 Å². The fourth-order valence-electron chi connectivity index (χ4n) is 4.15. The number of benzene rings is 2. The zero-order valence-electron chi connectivity index (χ0n) is 19.0. The molecule has 1 aliphatic heterocycles. The number of carbonyl (C=O) groups excluding carboxylic acids is 1. The lowest BCUT2D eigenvalue weighted by atomic mass is 10.1. The van der Waals surface area contributed by atoms with E-state index in [1.807, 2.05) is 32.0 Å². The molecule has 0 unspecified atom stereocenters. The Morgan fingerprint density at radius 1 is 1.03 bits per heavy atom. The molecule has 0 radical (unpaired) electrons. The number of aromatic nitrogens is 2. The van der Waals surface area contributed by atoms with E-state index in [0.29, 0.717) is 29.8 Å². The normalized spacial score (nSPS) is 14.6. The van der Waals surface area contributed by atoms with Crippen molar-refractivity contribution in [2.45, 2.75) is 38.0 Å². The van der Waals surface area contributed by atoms with Gasteiger partial charge in [0.15, 0.2) is 0 Å². The second-order valence-corrected chi connectivity index (χ2v) is 9.95. The number of nitrogens with zero attached hydrogens (tertiary/aromatic N) is 4. The van der Waals surface area contributed by atoms with Crippen LogP contribution in [0.5, 0.6) is 0 Å². The van der Waals surface area contributed by atoms with Gasteiger partial charge in [0.2, 0.25) is 10.0 Å². The lowest BCUT2D eigenvalue weighted by Crippen LogP contribution is -2.32. The molecule has 9 heteroatoms. The number of piperidine rings is 1. The third kappa shape index (κ3) is 4.84. The maximum absolute atomic E-state index is 13.1. The largest absolute Gasteiger partial charge is 0.370 e. The minimum absolute atomic E-state index is 0.159. The van der Waals surface area contributed by atoms with Crippen molar-refractivity contribution in [1.29, 1.82) is 0 Å². The van der Waals surface area contributed by atoms with E-state index in [2.05, 4.69) is 20.2 Å². The molecule has 0 spiro atoms. The van der Waals surface area contributed by atoms with Crippen molar-refractivity contribution in [1.82, 2.24) is 14.3 Å². The maximum atomic E-state index is 13.1. The Balaban J connectivity index is 1.72. The number of hydrogen-bond acceptors (Lipinski definition) is 6. The van der Waals surface area contributed by atoms with E-state index in [0.717, 1.165) is 31.6 Å². The van der Waals surface area contributed by atoms with E-state index in [9.17, 15) is 13.2 Å². The maximum Gasteiger partial charge on any atom is 0.275 e. The summed E-state index contributed by atoms with van der Waals surface area (Å²) in [5.41, 5.74) is 2.78. The molecule has 8 nitrogen and oxygen atoms in total. The van der Waals surface area contributed by atoms with Gasteiger partial charge in [0.25, 0.3) is 5.91 Å². The molecular formula is C24H29N5O3S. The van der Waals surface area contributed by atoms with Gasteiger partial charge in [-0.2, -0.15) is 4.31 Å². The molecule has 1 aliphatic rings. The molecule has 1 saturated heterocycles. The molecular weight excluding hydrogens is 438 g/mol. The summed E-state index contributed by atoms with van der Waals surface area (Å²) in [4.78, 5) is 24.2. The zero-order valence-corrected chi connectivity index (χ0v) is 19.8. The van der Waals surface area contributed by atoms with Crippen LogP contribution in [0.15, 0.2) is 53.6 Å². The molecule has 174 valence electrons. The van der Waals surface area contributed by atoms with Gasteiger partial charge in [0.1, 0.15) is 5.69 Å². The first-order valence-electron chi connectivity index (χ1n) is 11.4. The third-order valence-corrected chi connectivity index (χ3v) is 7.98. The second-order valence-electron chi connectivity index (χ2n) is 8.01. The van der Waals surface area contributed by atoms with Gasteiger partial charge in [-0.25, -0.2) is 13.4 Å². The number of amides is 1. The van der Waals surface area contributed by atoms with Crippen LogP contribution in [-0.2, 0) is 10.0 Å². The van der Waals surface area contributed by atoms with E-state index >= 15 is 0 Å².